The number of esters is 1. The van der Waals surface area contributed by atoms with Gasteiger partial charge in [-0.05, 0) is 12.8 Å². The highest BCUT2D eigenvalue weighted by molar-refractivity contribution is 7.80. The lowest BCUT2D eigenvalue weighted by Crippen LogP contribution is -2.21. The third-order valence-corrected chi connectivity index (χ3v) is 2.84. The van der Waals surface area contributed by atoms with Gasteiger partial charge in [0.15, 0.2) is 0 Å². The number of rotatable bonds is 2. The molecule has 0 aliphatic carbocycles. The summed E-state index contributed by atoms with van der Waals surface area (Å²) in [6, 6.07) is 0. The first kappa shape index (κ1) is 9.65. The number of hydrogen-bond acceptors (Lipinski definition) is 3. The molecule has 1 aliphatic rings. The zero-order valence-corrected chi connectivity index (χ0v) is 8.48. The van der Waals surface area contributed by atoms with Crippen LogP contribution in [0.4, 0.5) is 0 Å². The van der Waals surface area contributed by atoms with Gasteiger partial charge in [-0.15, -0.1) is 0 Å². The Morgan fingerprint density at radius 2 is 2.25 bits per heavy atom. The third-order valence-electron chi connectivity index (χ3n) is 2.08. The van der Waals surface area contributed by atoms with Gasteiger partial charge in [-0.3, -0.25) is 4.79 Å². The molecule has 3 heteroatoms. The molecule has 0 N–H and O–H groups in total. The van der Waals surface area contributed by atoms with Crippen LogP contribution >= 0.6 is 12.2 Å². The van der Waals surface area contributed by atoms with E-state index in [1.807, 2.05) is 20.8 Å². The van der Waals surface area contributed by atoms with Gasteiger partial charge in [0.05, 0.1) is 5.92 Å². The van der Waals surface area contributed by atoms with Gasteiger partial charge in [0.2, 0.25) is 0 Å². The van der Waals surface area contributed by atoms with E-state index in [0.717, 1.165) is 11.3 Å². The van der Waals surface area contributed by atoms with Crippen molar-refractivity contribution in [3.63, 3.8) is 0 Å². The van der Waals surface area contributed by atoms with Gasteiger partial charge < -0.3 is 4.74 Å². The van der Waals surface area contributed by atoms with Gasteiger partial charge in [-0.1, -0.05) is 26.1 Å². The summed E-state index contributed by atoms with van der Waals surface area (Å²) < 4.78 is 5.02. The van der Waals surface area contributed by atoms with E-state index in [1.54, 1.807) is 0 Å². The average molecular weight is 186 g/mol. The highest BCUT2D eigenvalue weighted by atomic mass is 32.1. The molecule has 1 fully saturated rings. The SMILES string of the molecule is CC1CC(C(=S)C(C)C)C(=O)O1. The molecule has 0 amide bonds. The van der Waals surface area contributed by atoms with Crippen LogP contribution in [0.5, 0.6) is 0 Å². The fourth-order valence-electron chi connectivity index (χ4n) is 1.39. The predicted octanol–water partition coefficient (Wildman–Crippen LogP) is 1.96. The van der Waals surface area contributed by atoms with Crippen LogP contribution in [0.25, 0.3) is 0 Å². The van der Waals surface area contributed by atoms with Crippen molar-refractivity contribution in [2.24, 2.45) is 11.8 Å². The molecule has 0 saturated carbocycles. The molecular formula is C9H14O2S. The molecule has 0 spiro atoms. The maximum absolute atomic E-state index is 11.2. The minimum Gasteiger partial charge on any atom is -0.462 e. The van der Waals surface area contributed by atoms with Gasteiger partial charge >= 0.3 is 5.97 Å². The quantitative estimate of drug-likeness (QED) is 0.487. The second kappa shape index (κ2) is 3.52. The monoisotopic (exact) mass is 186 g/mol. The van der Waals surface area contributed by atoms with E-state index in [9.17, 15) is 4.79 Å². The molecule has 2 atom stereocenters. The van der Waals surface area contributed by atoms with E-state index in [2.05, 4.69) is 0 Å². The Morgan fingerprint density at radius 3 is 2.58 bits per heavy atom. The van der Waals surface area contributed by atoms with Gasteiger partial charge in [-0.25, -0.2) is 0 Å². The third kappa shape index (κ3) is 1.83. The largest absolute Gasteiger partial charge is 0.462 e. The minimum atomic E-state index is -0.138. The summed E-state index contributed by atoms with van der Waals surface area (Å²) in [7, 11) is 0. The lowest BCUT2D eigenvalue weighted by molar-refractivity contribution is -0.142. The van der Waals surface area contributed by atoms with Crippen LogP contribution in [0, 0.1) is 11.8 Å². The first-order valence-corrected chi connectivity index (χ1v) is 4.67. The first-order valence-electron chi connectivity index (χ1n) is 4.26. The van der Waals surface area contributed by atoms with Crippen molar-refractivity contribution in [1.82, 2.24) is 0 Å². The maximum Gasteiger partial charge on any atom is 0.314 e. The Morgan fingerprint density at radius 1 is 1.67 bits per heavy atom. The van der Waals surface area contributed by atoms with Crippen molar-refractivity contribution < 1.29 is 9.53 Å². The molecule has 1 rings (SSSR count). The van der Waals surface area contributed by atoms with Crippen LogP contribution in [0.2, 0.25) is 0 Å². The number of carbonyl (C=O) groups is 1. The molecule has 12 heavy (non-hydrogen) atoms. The Bertz CT molecular complexity index is 211. The van der Waals surface area contributed by atoms with Crippen LogP contribution in [-0.4, -0.2) is 16.9 Å². The molecule has 0 aromatic rings. The van der Waals surface area contributed by atoms with Crippen LogP contribution in [-0.2, 0) is 9.53 Å². The van der Waals surface area contributed by atoms with Crippen molar-refractivity contribution in [3.8, 4) is 0 Å². The van der Waals surface area contributed by atoms with E-state index in [4.69, 9.17) is 17.0 Å². The number of thiocarbonyl (C=S) groups is 1. The van der Waals surface area contributed by atoms with E-state index in [0.29, 0.717) is 5.92 Å². The van der Waals surface area contributed by atoms with Gasteiger partial charge in [0.25, 0.3) is 0 Å². The summed E-state index contributed by atoms with van der Waals surface area (Å²) in [6.07, 6.45) is 0.801. The molecule has 68 valence electrons. The fourth-order valence-corrected chi connectivity index (χ4v) is 1.58. The molecule has 2 nitrogen and oxygen atoms in total. The van der Waals surface area contributed by atoms with Gasteiger partial charge in [0, 0.05) is 11.3 Å². The second-order valence-electron chi connectivity index (χ2n) is 3.59. The van der Waals surface area contributed by atoms with E-state index in [1.165, 1.54) is 0 Å². The molecular weight excluding hydrogens is 172 g/mol. The lowest BCUT2D eigenvalue weighted by Gasteiger charge is -2.10. The molecule has 0 aromatic heterocycles. The van der Waals surface area contributed by atoms with Gasteiger partial charge in [-0.2, -0.15) is 0 Å². The normalized spacial score (nSPS) is 29.2. The molecule has 2 unspecified atom stereocenters. The lowest BCUT2D eigenvalue weighted by atomic mass is 9.94. The highest BCUT2D eigenvalue weighted by Gasteiger charge is 2.35. The Balaban J connectivity index is 2.64. The van der Waals surface area contributed by atoms with Crippen LogP contribution in [0.1, 0.15) is 27.2 Å². The van der Waals surface area contributed by atoms with Crippen molar-refractivity contribution in [2.45, 2.75) is 33.3 Å². The van der Waals surface area contributed by atoms with Crippen molar-refractivity contribution in [3.05, 3.63) is 0 Å². The van der Waals surface area contributed by atoms with E-state index >= 15 is 0 Å². The predicted molar refractivity (Wildman–Crippen MR) is 51.1 cm³/mol. The number of cyclic esters (lactones) is 1. The van der Waals surface area contributed by atoms with E-state index in [-0.39, 0.29) is 18.0 Å². The van der Waals surface area contributed by atoms with Crippen molar-refractivity contribution in [2.75, 3.05) is 0 Å². The number of ether oxygens (including phenoxy) is 1. The zero-order valence-electron chi connectivity index (χ0n) is 7.66. The summed E-state index contributed by atoms with van der Waals surface area (Å²) in [5, 5.41) is 0. The Hall–Kier alpha value is -0.440. The Labute approximate surface area is 78.3 Å². The van der Waals surface area contributed by atoms with E-state index < -0.39 is 0 Å². The molecule has 0 aromatic carbocycles. The van der Waals surface area contributed by atoms with Gasteiger partial charge in [0.1, 0.15) is 6.10 Å². The topological polar surface area (TPSA) is 26.3 Å². The standard InChI is InChI=1S/C9H14O2S/c1-5(2)8(12)7-4-6(3)11-9(7)10/h5-7H,4H2,1-3H3. The molecule has 0 radical (unpaired) electrons. The summed E-state index contributed by atoms with van der Waals surface area (Å²) in [6.45, 7) is 5.93. The average Bonchev–Trinajstić information content (AvgIpc) is 2.28. The first-order chi connectivity index (χ1) is 5.52. The summed E-state index contributed by atoms with van der Waals surface area (Å²) in [5.41, 5.74) is 0. The summed E-state index contributed by atoms with van der Waals surface area (Å²) in [4.78, 5) is 12.1. The zero-order chi connectivity index (χ0) is 9.30. The van der Waals surface area contributed by atoms with Crippen LogP contribution < -0.4 is 0 Å². The smallest absolute Gasteiger partial charge is 0.314 e. The molecule has 1 aliphatic heterocycles. The molecule has 0 bridgehead atoms. The maximum atomic E-state index is 11.2. The highest BCUT2D eigenvalue weighted by Crippen LogP contribution is 2.25. The van der Waals surface area contributed by atoms with Crippen molar-refractivity contribution >= 4 is 23.1 Å². The minimum absolute atomic E-state index is 0.0409. The second-order valence-corrected chi connectivity index (χ2v) is 4.06. The summed E-state index contributed by atoms with van der Waals surface area (Å²) in [5.74, 6) is 0.0269. The van der Waals surface area contributed by atoms with Crippen LogP contribution in [0.15, 0.2) is 0 Å². The number of hydrogen-bond donors (Lipinski definition) is 0. The fraction of sp³-hybridized carbons (Fsp3) is 0.778. The summed E-state index contributed by atoms with van der Waals surface area (Å²) >= 11 is 5.17. The van der Waals surface area contributed by atoms with Crippen molar-refractivity contribution in [1.29, 1.82) is 0 Å². The Kier molecular flexibility index (Phi) is 2.83. The molecule has 1 saturated heterocycles. The van der Waals surface area contributed by atoms with Crippen LogP contribution in [0.3, 0.4) is 0 Å². The molecule has 1 heterocycles. The number of carbonyl (C=O) groups excluding carboxylic acids is 1.